The van der Waals surface area contributed by atoms with Gasteiger partial charge < -0.3 is 5.32 Å². The van der Waals surface area contributed by atoms with Gasteiger partial charge in [0.2, 0.25) is 5.91 Å². The first kappa shape index (κ1) is 13.2. The number of rotatable bonds is 5. The third kappa shape index (κ3) is 3.97. The molecule has 0 saturated heterocycles. The number of hydrogen-bond donors (Lipinski definition) is 1. The van der Waals surface area contributed by atoms with Gasteiger partial charge in [-0.2, -0.15) is 0 Å². The summed E-state index contributed by atoms with van der Waals surface area (Å²) in [6.07, 6.45) is 0.533. The van der Waals surface area contributed by atoms with E-state index in [1.807, 2.05) is 18.2 Å². The average molecular weight is 284 g/mol. The van der Waals surface area contributed by atoms with Gasteiger partial charge in [-0.3, -0.25) is 4.79 Å². The molecule has 0 radical (unpaired) electrons. The van der Waals surface area contributed by atoms with E-state index >= 15 is 0 Å². The minimum atomic E-state index is -0.0246. The van der Waals surface area contributed by atoms with Crippen LogP contribution in [0.1, 0.15) is 25.8 Å². The summed E-state index contributed by atoms with van der Waals surface area (Å²) in [6.45, 7) is 4.94. The third-order valence-corrected chi connectivity index (χ3v) is 3.00. The molecular weight excluding hydrogens is 266 g/mol. The van der Waals surface area contributed by atoms with Gasteiger partial charge in [-0.05, 0) is 5.56 Å². The number of halogens is 1. The van der Waals surface area contributed by atoms with Crippen LogP contribution < -0.4 is 5.32 Å². The molecule has 0 aromatic heterocycles. The summed E-state index contributed by atoms with van der Waals surface area (Å²) in [5.41, 5.74) is 1.22. The van der Waals surface area contributed by atoms with Gasteiger partial charge >= 0.3 is 0 Å². The van der Waals surface area contributed by atoms with Crippen LogP contribution in [0.25, 0.3) is 0 Å². The summed E-state index contributed by atoms with van der Waals surface area (Å²) in [4.78, 5) is 11.4. The van der Waals surface area contributed by atoms with Gasteiger partial charge in [-0.15, -0.1) is 0 Å². The van der Waals surface area contributed by atoms with Crippen molar-refractivity contribution in [2.75, 3.05) is 11.9 Å². The van der Waals surface area contributed by atoms with Crippen molar-refractivity contribution in [1.82, 2.24) is 5.32 Å². The Labute approximate surface area is 106 Å². The normalized spacial score (nSPS) is 11.2. The van der Waals surface area contributed by atoms with E-state index in [2.05, 4.69) is 47.2 Å². The molecule has 0 unspecified atom stereocenters. The topological polar surface area (TPSA) is 29.1 Å². The largest absolute Gasteiger partial charge is 0.355 e. The van der Waals surface area contributed by atoms with Crippen LogP contribution in [0.5, 0.6) is 0 Å². The molecule has 16 heavy (non-hydrogen) atoms. The maximum atomic E-state index is 11.4. The van der Waals surface area contributed by atoms with E-state index in [-0.39, 0.29) is 11.3 Å². The molecule has 0 aliphatic carbocycles. The molecule has 0 atom stereocenters. The van der Waals surface area contributed by atoms with E-state index in [1.165, 1.54) is 5.56 Å². The van der Waals surface area contributed by atoms with Crippen molar-refractivity contribution in [2.45, 2.75) is 25.7 Å². The van der Waals surface area contributed by atoms with Crippen LogP contribution in [0.15, 0.2) is 30.3 Å². The predicted octanol–water partition coefficient (Wildman–Crippen LogP) is 2.87. The molecule has 2 nitrogen and oxygen atoms in total. The quantitative estimate of drug-likeness (QED) is 0.828. The molecule has 0 aliphatic rings. The monoisotopic (exact) mass is 283 g/mol. The van der Waals surface area contributed by atoms with Gasteiger partial charge in [0.05, 0.1) is 0 Å². The lowest BCUT2D eigenvalue weighted by molar-refractivity contribution is -0.120. The molecule has 0 fully saturated rings. The number of hydrogen-bond acceptors (Lipinski definition) is 1. The number of carbonyl (C=O) groups excluding carboxylic acids is 1. The smallest absolute Gasteiger partial charge is 0.220 e. The Kier molecular flexibility index (Phi) is 5.00. The van der Waals surface area contributed by atoms with Crippen molar-refractivity contribution in [1.29, 1.82) is 0 Å². The van der Waals surface area contributed by atoms with Crippen molar-refractivity contribution in [3.63, 3.8) is 0 Å². The fourth-order valence-electron chi connectivity index (χ4n) is 1.49. The molecule has 0 heterocycles. The Morgan fingerprint density at radius 1 is 1.31 bits per heavy atom. The molecule has 1 rings (SSSR count). The van der Waals surface area contributed by atoms with Crippen LogP contribution in [-0.4, -0.2) is 17.8 Å². The van der Waals surface area contributed by atoms with Gasteiger partial charge in [-0.1, -0.05) is 60.1 Å². The van der Waals surface area contributed by atoms with E-state index in [0.29, 0.717) is 18.3 Å². The highest BCUT2D eigenvalue weighted by atomic mass is 79.9. The van der Waals surface area contributed by atoms with Crippen molar-refractivity contribution in [2.24, 2.45) is 0 Å². The zero-order valence-corrected chi connectivity index (χ0v) is 11.4. The second-order valence-electron chi connectivity index (χ2n) is 4.47. The molecule has 0 spiro atoms. The Hall–Kier alpha value is -0.830. The van der Waals surface area contributed by atoms with Crippen molar-refractivity contribution >= 4 is 21.8 Å². The molecule has 1 amide bonds. The van der Waals surface area contributed by atoms with Gasteiger partial charge in [0.25, 0.3) is 0 Å². The fraction of sp³-hybridized carbons (Fsp3) is 0.462. The van der Waals surface area contributed by atoms with Crippen molar-refractivity contribution in [3.05, 3.63) is 35.9 Å². The summed E-state index contributed by atoms with van der Waals surface area (Å²) < 4.78 is 0. The van der Waals surface area contributed by atoms with Gasteiger partial charge in [-0.25, -0.2) is 0 Å². The molecule has 1 aromatic rings. The standard InChI is InChI=1S/C13H18BrNO/c1-13(2,10-15-12(16)8-9-14)11-6-4-3-5-7-11/h3-7H,8-10H2,1-2H3,(H,15,16). The van der Waals surface area contributed by atoms with Crippen LogP contribution in [0.4, 0.5) is 0 Å². The summed E-state index contributed by atoms with van der Waals surface area (Å²) >= 11 is 3.25. The summed E-state index contributed by atoms with van der Waals surface area (Å²) in [5.74, 6) is 0.0980. The third-order valence-electron chi connectivity index (χ3n) is 2.60. The van der Waals surface area contributed by atoms with E-state index in [0.717, 1.165) is 0 Å². The molecule has 88 valence electrons. The molecule has 0 bridgehead atoms. The first-order chi connectivity index (χ1) is 7.56. The zero-order chi connectivity index (χ0) is 12.0. The summed E-state index contributed by atoms with van der Waals surface area (Å²) in [5, 5.41) is 3.67. The second kappa shape index (κ2) is 6.04. The van der Waals surface area contributed by atoms with Gasteiger partial charge in [0.1, 0.15) is 0 Å². The van der Waals surface area contributed by atoms with E-state index in [4.69, 9.17) is 0 Å². The van der Waals surface area contributed by atoms with E-state index in [9.17, 15) is 4.79 Å². The molecular formula is C13H18BrNO. The lowest BCUT2D eigenvalue weighted by atomic mass is 9.84. The van der Waals surface area contributed by atoms with Crippen molar-refractivity contribution in [3.8, 4) is 0 Å². The Balaban J connectivity index is 2.55. The first-order valence-electron chi connectivity index (χ1n) is 5.44. The van der Waals surface area contributed by atoms with Crippen LogP contribution in [0, 0.1) is 0 Å². The lowest BCUT2D eigenvalue weighted by Gasteiger charge is -2.25. The Morgan fingerprint density at radius 2 is 1.94 bits per heavy atom. The van der Waals surface area contributed by atoms with E-state index < -0.39 is 0 Å². The van der Waals surface area contributed by atoms with E-state index in [1.54, 1.807) is 0 Å². The SMILES string of the molecule is CC(C)(CNC(=O)CCBr)c1ccccc1. The molecule has 3 heteroatoms. The minimum absolute atomic E-state index is 0.0246. The number of benzene rings is 1. The van der Waals surface area contributed by atoms with Crippen LogP contribution in [0.3, 0.4) is 0 Å². The number of nitrogens with one attached hydrogen (secondary N) is 1. The van der Waals surface area contributed by atoms with Gasteiger partial charge in [0.15, 0.2) is 0 Å². The first-order valence-corrected chi connectivity index (χ1v) is 6.56. The Bertz CT molecular complexity index is 335. The number of carbonyl (C=O) groups is 1. The maximum Gasteiger partial charge on any atom is 0.220 e. The van der Waals surface area contributed by atoms with Gasteiger partial charge in [0, 0.05) is 23.7 Å². The van der Waals surface area contributed by atoms with Crippen molar-refractivity contribution < 1.29 is 4.79 Å². The molecule has 0 saturated carbocycles. The predicted molar refractivity (Wildman–Crippen MR) is 70.9 cm³/mol. The zero-order valence-electron chi connectivity index (χ0n) is 9.79. The number of alkyl halides is 1. The highest BCUT2D eigenvalue weighted by Crippen LogP contribution is 2.21. The highest BCUT2D eigenvalue weighted by Gasteiger charge is 2.20. The highest BCUT2D eigenvalue weighted by molar-refractivity contribution is 9.09. The summed E-state index contributed by atoms with van der Waals surface area (Å²) in [7, 11) is 0. The maximum absolute atomic E-state index is 11.4. The molecule has 1 aromatic carbocycles. The molecule has 0 aliphatic heterocycles. The fourth-order valence-corrected chi connectivity index (χ4v) is 1.85. The summed E-state index contributed by atoms with van der Waals surface area (Å²) in [6, 6.07) is 10.2. The lowest BCUT2D eigenvalue weighted by Crippen LogP contribution is -2.36. The van der Waals surface area contributed by atoms with Crippen LogP contribution in [-0.2, 0) is 10.2 Å². The second-order valence-corrected chi connectivity index (χ2v) is 5.26. The van der Waals surface area contributed by atoms with Crippen LogP contribution in [0.2, 0.25) is 0 Å². The minimum Gasteiger partial charge on any atom is -0.355 e. The Morgan fingerprint density at radius 3 is 2.50 bits per heavy atom. The molecule has 1 N–H and O–H groups in total. The number of amides is 1. The van der Waals surface area contributed by atoms with Crippen LogP contribution >= 0.6 is 15.9 Å². The average Bonchev–Trinajstić information content (AvgIpc) is 2.28.